The SMILES string of the molecule is CCOC#CC(OC(C)=O)c1ccc(OC)cc1. The normalized spacial score (nSPS) is 10.8. The molecule has 0 aliphatic rings. The summed E-state index contributed by atoms with van der Waals surface area (Å²) >= 11 is 0. The minimum Gasteiger partial charge on any atom is -0.497 e. The number of rotatable bonds is 4. The van der Waals surface area contributed by atoms with Gasteiger partial charge in [-0.2, -0.15) is 0 Å². The van der Waals surface area contributed by atoms with Crippen LogP contribution in [0.3, 0.4) is 0 Å². The fourth-order valence-electron chi connectivity index (χ4n) is 1.29. The third kappa shape index (κ3) is 4.38. The summed E-state index contributed by atoms with van der Waals surface area (Å²) in [5.74, 6) is 3.10. The Balaban J connectivity index is 2.87. The largest absolute Gasteiger partial charge is 0.497 e. The number of carbonyl (C=O) groups is 1. The summed E-state index contributed by atoms with van der Waals surface area (Å²) in [6, 6.07) is 7.17. The van der Waals surface area contributed by atoms with E-state index in [1.807, 2.05) is 6.92 Å². The van der Waals surface area contributed by atoms with E-state index < -0.39 is 6.10 Å². The first-order valence-electron chi connectivity index (χ1n) is 5.60. The highest BCUT2D eigenvalue weighted by Gasteiger charge is 2.12. The van der Waals surface area contributed by atoms with E-state index in [2.05, 4.69) is 12.0 Å². The third-order valence-electron chi connectivity index (χ3n) is 2.11. The molecule has 1 aromatic carbocycles. The van der Waals surface area contributed by atoms with E-state index >= 15 is 0 Å². The Labute approximate surface area is 107 Å². The minimum absolute atomic E-state index is 0.387. The van der Waals surface area contributed by atoms with E-state index in [4.69, 9.17) is 14.2 Å². The monoisotopic (exact) mass is 248 g/mol. The first-order valence-corrected chi connectivity index (χ1v) is 5.60. The van der Waals surface area contributed by atoms with E-state index in [0.717, 1.165) is 11.3 Å². The van der Waals surface area contributed by atoms with E-state index in [0.29, 0.717) is 6.61 Å². The highest BCUT2D eigenvalue weighted by molar-refractivity contribution is 5.66. The van der Waals surface area contributed by atoms with Crippen LogP contribution in [0.1, 0.15) is 25.5 Å². The Hall–Kier alpha value is -2.15. The number of ether oxygens (including phenoxy) is 3. The van der Waals surface area contributed by atoms with Crippen molar-refractivity contribution in [2.45, 2.75) is 20.0 Å². The van der Waals surface area contributed by atoms with Gasteiger partial charge in [0.05, 0.1) is 13.7 Å². The van der Waals surface area contributed by atoms with Crippen LogP contribution >= 0.6 is 0 Å². The Morgan fingerprint density at radius 3 is 2.50 bits per heavy atom. The maximum atomic E-state index is 11.0. The lowest BCUT2D eigenvalue weighted by Gasteiger charge is -2.11. The van der Waals surface area contributed by atoms with Gasteiger partial charge in [-0.1, -0.05) is 12.1 Å². The van der Waals surface area contributed by atoms with Crippen LogP contribution in [-0.2, 0) is 14.3 Å². The van der Waals surface area contributed by atoms with Crippen molar-refractivity contribution < 1.29 is 19.0 Å². The van der Waals surface area contributed by atoms with Crippen LogP contribution < -0.4 is 4.74 Å². The first kappa shape index (κ1) is 13.9. The van der Waals surface area contributed by atoms with Crippen molar-refractivity contribution in [3.05, 3.63) is 29.8 Å². The molecule has 0 N–H and O–H groups in total. The number of hydrogen-bond acceptors (Lipinski definition) is 4. The second-order valence-electron chi connectivity index (χ2n) is 3.44. The molecule has 0 radical (unpaired) electrons. The molecule has 0 amide bonds. The van der Waals surface area contributed by atoms with Crippen LogP contribution in [0.25, 0.3) is 0 Å². The Morgan fingerprint density at radius 2 is 2.00 bits per heavy atom. The second kappa shape index (κ2) is 7.23. The summed E-state index contributed by atoms with van der Waals surface area (Å²) in [4.78, 5) is 11.0. The van der Waals surface area contributed by atoms with Gasteiger partial charge < -0.3 is 14.2 Å². The van der Waals surface area contributed by atoms with E-state index in [-0.39, 0.29) is 5.97 Å². The third-order valence-corrected chi connectivity index (χ3v) is 2.11. The van der Waals surface area contributed by atoms with Crippen molar-refractivity contribution in [2.75, 3.05) is 13.7 Å². The van der Waals surface area contributed by atoms with Crippen LogP contribution in [0.2, 0.25) is 0 Å². The van der Waals surface area contributed by atoms with Crippen LogP contribution in [0, 0.1) is 12.0 Å². The molecule has 0 heterocycles. The Bertz CT molecular complexity index is 439. The molecule has 0 aliphatic carbocycles. The van der Waals surface area contributed by atoms with Crippen molar-refractivity contribution in [1.29, 1.82) is 0 Å². The van der Waals surface area contributed by atoms with Crippen molar-refractivity contribution in [1.82, 2.24) is 0 Å². The molecule has 0 saturated heterocycles. The van der Waals surface area contributed by atoms with Crippen LogP contribution in [0.15, 0.2) is 24.3 Å². The zero-order valence-electron chi connectivity index (χ0n) is 10.7. The van der Waals surface area contributed by atoms with Gasteiger partial charge in [0.15, 0.2) is 6.10 Å². The molecular formula is C14H16O4. The summed E-state index contributed by atoms with van der Waals surface area (Å²) < 4.78 is 15.1. The smallest absolute Gasteiger partial charge is 0.304 e. The maximum absolute atomic E-state index is 11.0. The molecule has 96 valence electrons. The van der Waals surface area contributed by atoms with E-state index in [1.54, 1.807) is 31.4 Å². The van der Waals surface area contributed by atoms with Gasteiger partial charge in [0, 0.05) is 12.5 Å². The predicted octanol–water partition coefficient (Wildman–Crippen LogP) is 2.30. The first-order chi connectivity index (χ1) is 8.67. The fourth-order valence-corrected chi connectivity index (χ4v) is 1.29. The molecule has 0 fully saturated rings. The Morgan fingerprint density at radius 1 is 1.33 bits per heavy atom. The maximum Gasteiger partial charge on any atom is 0.304 e. The van der Waals surface area contributed by atoms with Crippen molar-refractivity contribution >= 4 is 5.97 Å². The molecule has 1 atom stereocenters. The predicted molar refractivity (Wildman–Crippen MR) is 66.9 cm³/mol. The van der Waals surface area contributed by atoms with Gasteiger partial charge >= 0.3 is 5.97 Å². The minimum atomic E-state index is -0.625. The molecule has 4 nitrogen and oxygen atoms in total. The topological polar surface area (TPSA) is 44.8 Å². The second-order valence-corrected chi connectivity index (χ2v) is 3.44. The lowest BCUT2D eigenvalue weighted by Crippen LogP contribution is -2.06. The molecule has 0 saturated carbocycles. The summed E-state index contributed by atoms with van der Waals surface area (Å²) in [6.45, 7) is 3.67. The summed E-state index contributed by atoms with van der Waals surface area (Å²) in [5.41, 5.74) is 0.776. The molecule has 0 spiro atoms. The zero-order valence-corrected chi connectivity index (χ0v) is 10.7. The average molecular weight is 248 g/mol. The highest BCUT2D eigenvalue weighted by atomic mass is 16.5. The molecule has 0 aromatic heterocycles. The van der Waals surface area contributed by atoms with Crippen LogP contribution in [-0.4, -0.2) is 19.7 Å². The molecule has 1 aromatic rings. The quantitative estimate of drug-likeness (QED) is 0.606. The van der Waals surface area contributed by atoms with E-state index in [1.165, 1.54) is 6.92 Å². The van der Waals surface area contributed by atoms with Gasteiger partial charge in [-0.05, 0) is 25.0 Å². The molecule has 1 unspecified atom stereocenters. The highest BCUT2D eigenvalue weighted by Crippen LogP contribution is 2.20. The van der Waals surface area contributed by atoms with Crippen LogP contribution in [0.5, 0.6) is 5.75 Å². The molecular weight excluding hydrogens is 232 g/mol. The summed E-state index contributed by atoms with van der Waals surface area (Å²) in [5, 5.41) is 0. The Kier molecular flexibility index (Phi) is 5.59. The summed E-state index contributed by atoms with van der Waals surface area (Å²) in [6.07, 6.45) is 1.88. The molecule has 0 bridgehead atoms. The van der Waals surface area contributed by atoms with Gasteiger partial charge in [-0.25, -0.2) is 0 Å². The lowest BCUT2D eigenvalue weighted by atomic mass is 10.1. The average Bonchev–Trinajstić information content (AvgIpc) is 2.37. The number of benzene rings is 1. The molecule has 1 rings (SSSR count). The van der Waals surface area contributed by atoms with Gasteiger partial charge in [-0.15, -0.1) is 0 Å². The van der Waals surface area contributed by atoms with E-state index in [9.17, 15) is 4.79 Å². The van der Waals surface area contributed by atoms with Crippen molar-refractivity contribution in [3.63, 3.8) is 0 Å². The number of methoxy groups -OCH3 is 1. The van der Waals surface area contributed by atoms with Crippen molar-refractivity contribution in [2.24, 2.45) is 0 Å². The van der Waals surface area contributed by atoms with Gasteiger partial charge in [-0.3, -0.25) is 4.79 Å². The number of esters is 1. The van der Waals surface area contributed by atoms with Gasteiger partial charge in [0.25, 0.3) is 0 Å². The zero-order chi connectivity index (χ0) is 13.4. The number of carbonyl (C=O) groups excluding carboxylic acids is 1. The standard InChI is InChI=1S/C14H16O4/c1-4-17-10-9-14(18-11(2)15)12-5-7-13(16-3)8-6-12/h5-8,14H,4H2,1-3H3. The summed E-state index contributed by atoms with van der Waals surface area (Å²) in [7, 11) is 1.59. The molecule has 18 heavy (non-hydrogen) atoms. The van der Waals surface area contributed by atoms with Crippen LogP contribution in [0.4, 0.5) is 0 Å². The molecule has 4 heteroatoms. The lowest BCUT2D eigenvalue weighted by molar-refractivity contribution is -0.144. The van der Waals surface area contributed by atoms with Crippen molar-refractivity contribution in [3.8, 4) is 17.8 Å². The molecule has 0 aliphatic heterocycles. The fraction of sp³-hybridized carbons (Fsp3) is 0.357. The van der Waals surface area contributed by atoms with Gasteiger partial charge in [0.2, 0.25) is 0 Å². The number of hydrogen-bond donors (Lipinski definition) is 0. The van der Waals surface area contributed by atoms with Gasteiger partial charge in [0.1, 0.15) is 11.9 Å².